The second-order valence-corrected chi connectivity index (χ2v) is 14.8. The van der Waals surface area contributed by atoms with E-state index >= 15 is 0 Å². The number of benzene rings is 3. The van der Waals surface area contributed by atoms with E-state index in [1.54, 1.807) is 12.1 Å². The highest BCUT2D eigenvalue weighted by Gasteiger charge is 2.51. The molecule has 23 nitrogen and oxygen atoms in total. The number of phenols is 1. The first-order valence-corrected chi connectivity index (χ1v) is 18.5. The Morgan fingerprint density at radius 2 is 1.54 bits per heavy atom. The van der Waals surface area contributed by atoms with Gasteiger partial charge in [0.15, 0.2) is 0 Å². The summed E-state index contributed by atoms with van der Waals surface area (Å²) in [6, 6.07) is 8.99. The minimum absolute atomic E-state index is 0. The zero-order valence-corrected chi connectivity index (χ0v) is 34.0. The molecule has 0 amide bonds. The third-order valence-corrected chi connectivity index (χ3v) is 10.9. The molecule has 2 aromatic heterocycles. The molecule has 0 bridgehead atoms. The topological polar surface area (TPSA) is 305 Å². The summed E-state index contributed by atoms with van der Waals surface area (Å²) in [5.74, 6) is -2.25. The monoisotopic (exact) mass is 886 g/mol. The highest BCUT2D eigenvalue weighted by Crippen LogP contribution is 2.50. The number of rotatable bonds is 11. The predicted molar refractivity (Wildman–Crippen MR) is 219 cm³/mol. The highest BCUT2D eigenvalue weighted by molar-refractivity contribution is 6.27. The van der Waals surface area contributed by atoms with Gasteiger partial charge in [0, 0.05) is 46.3 Å². The molecular formula is C39H31ClN8O15. The van der Waals surface area contributed by atoms with Gasteiger partial charge in [0.25, 0.3) is 28.3 Å². The number of carbonyl (C=O) groups excluding carboxylic acids is 2. The van der Waals surface area contributed by atoms with Gasteiger partial charge in [-0.25, -0.2) is 14.6 Å². The Balaban J connectivity index is 0.00000595. The number of aromatic nitrogens is 2. The molecule has 4 heterocycles. The molecule has 0 saturated heterocycles. The Labute approximate surface area is 358 Å². The summed E-state index contributed by atoms with van der Waals surface area (Å²) < 4.78 is 12.8. The lowest BCUT2D eigenvalue weighted by atomic mass is 9.85. The van der Waals surface area contributed by atoms with E-state index in [0.29, 0.717) is 46.5 Å². The minimum atomic E-state index is -2.23. The van der Waals surface area contributed by atoms with E-state index in [0.717, 1.165) is 24.6 Å². The maximum absolute atomic E-state index is 14.2. The smallest absolute Gasteiger partial charge is 0.355 e. The number of non-ortho nitro benzene ring substituents is 2. The van der Waals surface area contributed by atoms with Crippen molar-refractivity contribution >= 4 is 63.7 Å². The number of hydrogen-bond acceptors (Lipinski definition) is 18. The van der Waals surface area contributed by atoms with Gasteiger partial charge in [-0.1, -0.05) is 12.1 Å². The van der Waals surface area contributed by atoms with Gasteiger partial charge in [0.2, 0.25) is 11.7 Å². The number of phenolic OH excluding ortho intramolecular Hbond substituents is 1. The first-order chi connectivity index (χ1) is 29.4. The Morgan fingerprint density at radius 1 is 0.937 bits per heavy atom. The number of esters is 2. The van der Waals surface area contributed by atoms with Gasteiger partial charge in [-0.15, -0.1) is 12.4 Å². The SMILES string of the molecule is CC[C@]1(OC(=O)[C@H](C)ON=C2c3cc([N+](=O)[O-])cc([N+](=O)[O-])c3-c3c2cc([N+](=O)[O-])cc3[N+](=O)[O-])C(=O)OCc2c1cc1n(c2=O)Cc2c-1nc1ccc(O)cc1c2CN(C)C.Cl. The average Bonchev–Trinajstić information content (AvgIpc) is 3.75. The fourth-order valence-electron chi connectivity index (χ4n) is 8.10. The van der Waals surface area contributed by atoms with Crippen LogP contribution in [0.1, 0.15) is 53.6 Å². The lowest BCUT2D eigenvalue weighted by Gasteiger charge is -2.36. The fraction of sp³-hybridized carbons (Fsp3) is 0.256. The number of nitrogens with zero attached hydrogens (tertiary/aromatic N) is 8. The van der Waals surface area contributed by atoms with E-state index in [1.165, 1.54) is 23.6 Å². The molecule has 0 spiro atoms. The van der Waals surface area contributed by atoms with Crippen LogP contribution >= 0.6 is 12.4 Å². The van der Waals surface area contributed by atoms with Gasteiger partial charge in [-0.3, -0.25) is 45.3 Å². The molecule has 0 unspecified atom stereocenters. The van der Waals surface area contributed by atoms with E-state index < -0.39 is 106 Å². The van der Waals surface area contributed by atoms with Crippen molar-refractivity contribution in [3.63, 3.8) is 0 Å². The number of aromatic hydroxyl groups is 1. The number of cyclic esters (lactones) is 1. The maximum atomic E-state index is 14.2. The van der Waals surface area contributed by atoms with E-state index in [2.05, 4.69) is 5.16 Å². The van der Waals surface area contributed by atoms with E-state index in [-0.39, 0.29) is 42.2 Å². The third-order valence-electron chi connectivity index (χ3n) is 10.9. The van der Waals surface area contributed by atoms with Crippen LogP contribution in [-0.4, -0.2) is 77.1 Å². The number of hydrogen-bond donors (Lipinski definition) is 1. The van der Waals surface area contributed by atoms with Crippen LogP contribution in [0.25, 0.3) is 33.4 Å². The summed E-state index contributed by atoms with van der Waals surface area (Å²) in [6.07, 6.45) is -2.02. The van der Waals surface area contributed by atoms with Crippen LogP contribution in [0.3, 0.4) is 0 Å². The van der Waals surface area contributed by atoms with Crippen LogP contribution in [0.2, 0.25) is 0 Å². The van der Waals surface area contributed by atoms with Crippen LogP contribution in [0.4, 0.5) is 22.7 Å². The van der Waals surface area contributed by atoms with Crippen LogP contribution in [0.5, 0.6) is 5.75 Å². The molecule has 1 N–H and O–H groups in total. The standard InChI is InChI=1S/C39H30N8O15.ClH/c1-5-39(27-13-31-35-25(15-43(31)36(49)26(27)16-60-38(39)51)24(14-42(3)4)21-12-20(48)6-7-28(21)40-35)61-37(50)17(2)62-41-34-22-8-18(44(52)53)10-29(46(56)57)32(22)33-23(34)9-19(45(54)55)11-30(33)47(58)59;/h6-13,17,48H,5,14-16H2,1-4H3;1H/t17-,39+;/m0./s1. The summed E-state index contributed by atoms with van der Waals surface area (Å²) in [4.78, 5) is 98.2. The largest absolute Gasteiger partial charge is 0.508 e. The van der Waals surface area contributed by atoms with Crippen molar-refractivity contribution in [1.82, 2.24) is 14.5 Å². The van der Waals surface area contributed by atoms with Crippen LogP contribution in [0, 0.1) is 40.5 Å². The highest BCUT2D eigenvalue weighted by atomic mass is 35.5. The van der Waals surface area contributed by atoms with Gasteiger partial charge in [0.1, 0.15) is 18.1 Å². The quantitative estimate of drug-likeness (QED) is 0.0979. The fourth-order valence-corrected chi connectivity index (χ4v) is 8.10. The van der Waals surface area contributed by atoms with E-state index in [4.69, 9.17) is 19.3 Å². The molecule has 0 radical (unpaired) electrons. The van der Waals surface area contributed by atoms with Crippen molar-refractivity contribution in [2.75, 3.05) is 14.1 Å². The predicted octanol–water partition coefficient (Wildman–Crippen LogP) is 5.29. The first-order valence-electron chi connectivity index (χ1n) is 18.5. The molecule has 2 aliphatic heterocycles. The van der Waals surface area contributed by atoms with Crippen molar-refractivity contribution in [1.29, 1.82) is 0 Å². The van der Waals surface area contributed by atoms with Crippen molar-refractivity contribution in [2.24, 2.45) is 5.16 Å². The Morgan fingerprint density at radius 3 is 2.08 bits per heavy atom. The summed E-state index contributed by atoms with van der Waals surface area (Å²) in [6.45, 7) is 2.70. The van der Waals surface area contributed by atoms with Crippen molar-refractivity contribution < 1.29 is 48.7 Å². The Bertz CT molecular complexity index is 2940. The molecule has 3 aliphatic rings. The number of ether oxygens (including phenoxy) is 2. The lowest BCUT2D eigenvalue weighted by molar-refractivity contribution is -0.395. The van der Waals surface area contributed by atoms with Crippen molar-refractivity contribution in [2.45, 2.75) is 51.7 Å². The van der Waals surface area contributed by atoms with Gasteiger partial charge in [0.05, 0.1) is 72.0 Å². The van der Waals surface area contributed by atoms with Gasteiger partial charge in [-0.2, -0.15) is 0 Å². The molecule has 0 saturated carbocycles. The molecule has 5 aromatic rings. The van der Waals surface area contributed by atoms with Gasteiger partial charge >= 0.3 is 11.9 Å². The second kappa shape index (κ2) is 15.5. The van der Waals surface area contributed by atoms with E-state index in [9.17, 15) is 59.9 Å². The van der Waals surface area contributed by atoms with E-state index in [1.807, 2.05) is 19.0 Å². The molecule has 324 valence electrons. The van der Waals surface area contributed by atoms with Gasteiger partial charge in [-0.05, 0) is 57.3 Å². The third kappa shape index (κ3) is 6.78. The lowest BCUT2D eigenvalue weighted by Crippen LogP contribution is -2.48. The molecule has 63 heavy (non-hydrogen) atoms. The Kier molecular flexibility index (Phi) is 10.6. The molecular weight excluding hydrogens is 856 g/mol. The number of fused-ring (bicyclic) bond motifs is 8. The average molecular weight is 887 g/mol. The number of halogens is 1. The zero-order chi connectivity index (χ0) is 44.7. The van der Waals surface area contributed by atoms with Crippen LogP contribution in [-0.2, 0) is 49.2 Å². The molecule has 0 fully saturated rings. The first kappa shape index (κ1) is 43.2. The summed E-state index contributed by atoms with van der Waals surface area (Å²) >= 11 is 0. The maximum Gasteiger partial charge on any atom is 0.355 e. The number of nitro groups is 4. The van der Waals surface area contributed by atoms with Crippen molar-refractivity contribution in [3.05, 3.63) is 133 Å². The Hall–Kier alpha value is -7.92. The number of nitro benzene ring substituents is 4. The normalized spacial score (nSPS) is 15.8. The van der Waals surface area contributed by atoms with Crippen LogP contribution in [0.15, 0.2) is 58.5 Å². The second-order valence-electron chi connectivity index (χ2n) is 14.8. The zero-order valence-electron chi connectivity index (χ0n) is 33.2. The van der Waals surface area contributed by atoms with Crippen LogP contribution < -0.4 is 5.56 Å². The summed E-state index contributed by atoms with van der Waals surface area (Å²) in [5, 5.41) is 62.9. The molecule has 24 heteroatoms. The number of carbonyl (C=O) groups is 2. The number of oxime groups is 1. The molecule has 3 aromatic carbocycles. The number of pyridine rings is 2. The summed E-state index contributed by atoms with van der Waals surface area (Å²) in [7, 11) is 3.72. The molecule has 1 aliphatic carbocycles. The molecule has 8 rings (SSSR count). The summed E-state index contributed by atoms with van der Waals surface area (Å²) in [5.41, 5.74) is -5.99. The molecule has 2 atom stereocenters. The minimum Gasteiger partial charge on any atom is -0.508 e. The van der Waals surface area contributed by atoms with Gasteiger partial charge < -0.3 is 28.9 Å². The van der Waals surface area contributed by atoms with Crippen molar-refractivity contribution in [3.8, 4) is 28.3 Å².